The second-order valence-corrected chi connectivity index (χ2v) is 5.32. The summed E-state index contributed by atoms with van der Waals surface area (Å²) in [5.41, 5.74) is 1.51. The van der Waals surface area contributed by atoms with E-state index in [4.69, 9.17) is 16.3 Å². The third-order valence-electron chi connectivity index (χ3n) is 3.55. The smallest absolute Gasteiger partial charge is 0.148 e. The highest BCUT2D eigenvalue weighted by Crippen LogP contribution is 2.33. The Morgan fingerprint density at radius 1 is 1.56 bits per heavy atom. The van der Waals surface area contributed by atoms with Gasteiger partial charge in [-0.05, 0) is 56.8 Å². The number of piperidine rings is 1. The molecule has 0 radical (unpaired) electrons. The van der Waals surface area contributed by atoms with Crippen molar-refractivity contribution >= 4 is 11.6 Å². The van der Waals surface area contributed by atoms with Gasteiger partial charge in [0.05, 0.1) is 12.1 Å². The zero-order valence-corrected chi connectivity index (χ0v) is 11.6. The maximum atomic E-state index is 14.2. The summed E-state index contributed by atoms with van der Waals surface area (Å²) in [5, 5.41) is 3.53. The van der Waals surface area contributed by atoms with Gasteiger partial charge in [-0.15, -0.1) is 0 Å². The Morgan fingerprint density at radius 2 is 2.33 bits per heavy atom. The zero-order valence-electron chi connectivity index (χ0n) is 10.9. The van der Waals surface area contributed by atoms with Gasteiger partial charge in [-0.1, -0.05) is 11.6 Å². The summed E-state index contributed by atoms with van der Waals surface area (Å²) in [5.74, 6) is 0.771. The normalized spacial score (nSPS) is 19.9. The van der Waals surface area contributed by atoms with E-state index >= 15 is 0 Å². The first-order chi connectivity index (χ1) is 8.63. The van der Waals surface area contributed by atoms with Crippen LogP contribution >= 0.6 is 11.6 Å². The van der Waals surface area contributed by atoms with E-state index in [2.05, 4.69) is 5.32 Å². The van der Waals surface area contributed by atoms with Crippen LogP contribution in [0.2, 0.25) is 5.02 Å². The van der Waals surface area contributed by atoms with Gasteiger partial charge in [-0.2, -0.15) is 0 Å². The van der Waals surface area contributed by atoms with Crippen LogP contribution in [0.15, 0.2) is 6.07 Å². The monoisotopic (exact) mass is 271 g/mol. The molecule has 1 aromatic carbocycles. The van der Waals surface area contributed by atoms with Crippen LogP contribution in [0.1, 0.15) is 24.0 Å². The first-order valence-electron chi connectivity index (χ1n) is 6.35. The minimum atomic E-state index is -0.329. The lowest BCUT2D eigenvalue weighted by Gasteiger charge is -2.24. The average Bonchev–Trinajstić information content (AvgIpc) is 2.37. The fourth-order valence-corrected chi connectivity index (χ4v) is 2.93. The summed E-state index contributed by atoms with van der Waals surface area (Å²) >= 11 is 5.92. The van der Waals surface area contributed by atoms with Crippen LogP contribution in [-0.4, -0.2) is 20.2 Å². The predicted molar refractivity (Wildman–Crippen MR) is 72.0 cm³/mol. The molecule has 2 nitrogen and oxygen atoms in total. The molecule has 0 amide bonds. The lowest BCUT2D eigenvalue weighted by molar-refractivity contribution is 0.357. The van der Waals surface area contributed by atoms with Gasteiger partial charge in [0.25, 0.3) is 0 Å². The van der Waals surface area contributed by atoms with Gasteiger partial charge in [0, 0.05) is 5.56 Å². The van der Waals surface area contributed by atoms with E-state index in [1.54, 1.807) is 13.2 Å². The summed E-state index contributed by atoms with van der Waals surface area (Å²) in [4.78, 5) is 0. The summed E-state index contributed by atoms with van der Waals surface area (Å²) < 4.78 is 19.5. The third kappa shape index (κ3) is 2.78. The Balaban J connectivity index is 2.29. The molecular weight excluding hydrogens is 253 g/mol. The van der Waals surface area contributed by atoms with Crippen LogP contribution in [0, 0.1) is 18.7 Å². The minimum absolute atomic E-state index is 0.187. The van der Waals surface area contributed by atoms with Gasteiger partial charge in [-0.3, -0.25) is 0 Å². The van der Waals surface area contributed by atoms with Crippen molar-refractivity contribution < 1.29 is 9.13 Å². The number of rotatable bonds is 3. The lowest BCUT2D eigenvalue weighted by atomic mass is 9.91. The largest absolute Gasteiger partial charge is 0.496 e. The van der Waals surface area contributed by atoms with Crippen LogP contribution in [-0.2, 0) is 6.42 Å². The Bertz CT molecular complexity index is 430. The molecule has 1 saturated heterocycles. The van der Waals surface area contributed by atoms with Crippen molar-refractivity contribution in [2.75, 3.05) is 20.2 Å². The van der Waals surface area contributed by atoms with Crippen LogP contribution in [0.3, 0.4) is 0 Å². The Morgan fingerprint density at radius 3 is 2.94 bits per heavy atom. The van der Waals surface area contributed by atoms with Gasteiger partial charge in [-0.25, -0.2) is 4.39 Å². The molecule has 1 N–H and O–H groups in total. The Hall–Kier alpha value is -0.800. The maximum Gasteiger partial charge on any atom is 0.148 e. The van der Waals surface area contributed by atoms with E-state index in [1.807, 2.05) is 6.92 Å². The molecule has 0 spiro atoms. The van der Waals surface area contributed by atoms with Gasteiger partial charge in [0.2, 0.25) is 0 Å². The minimum Gasteiger partial charge on any atom is -0.496 e. The molecule has 1 heterocycles. The molecular formula is C14H19ClFNO. The molecule has 1 aromatic rings. The quantitative estimate of drug-likeness (QED) is 0.910. The zero-order chi connectivity index (χ0) is 13.1. The van der Waals surface area contributed by atoms with Gasteiger partial charge >= 0.3 is 0 Å². The first-order valence-corrected chi connectivity index (χ1v) is 6.73. The number of nitrogens with one attached hydrogen (secondary N) is 1. The van der Waals surface area contributed by atoms with Gasteiger partial charge < -0.3 is 10.1 Å². The number of methoxy groups -OCH3 is 1. The van der Waals surface area contributed by atoms with Crippen molar-refractivity contribution in [3.63, 3.8) is 0 Å². The fraction of sp³-hybridized carbons (Fsp3) is 0.571. The van der Waals surface area contributed by atoms with Crippen molar-refractivity contribution in [2.24, 2.45) is 5.92 Å². The number of halogens is 2. The molecule has 1 aliphatic rings. The molecule has 2 rings (SSSR count). The summed E-state index contributed by atoms with van der Waals surface area (Å²) in [6, 6.07) is 1.62. The molecule has 18 heavy (non-hydrogen) atoms. The molecule has 1 atom stereocenters. The summed E-state index contributed by atoms with van der Waals surface area (Å²) in [7, 11) is 1.58. The van der Waals surface area contributed by atoms with E-state index in [0.717, 1.165) is 31.5 Å². The average molecular weight is 272 g/mol. The van der Waals surface area contributed by atoms with Crippen molar-refractivity contribution in [1.82, 2.24) is 5.32 Å². The highest BCUT2D eigenvalue weighted by Gasteiger charge is 2.21. The molecule has 1 fully saturated rings. The van der Waals surface area contributed by atoms with Crippen LogP contribution < -0.4 is 10.1 Å². The van der Waals surface area contributed by atoms with Crippen molar-refractivity contribution in [1.29, 1.82) is 0 Å². The van der Waals surface area contributed by atoms with Crippen LogP contribution in [0.4, 0.5) is 4.39 Å². The molecule has 0 aliphatic carbocycles. The van der Waals surface area contributed by atoms with E-state index in [1.165, 1.54) is 0 Å². The second kappa shape index (κ2) is 5.89. The van der Waals surface area contributed by atoms with E-state index in [0.29, 0.717) is 23.7 Å². The highest BCUT2D eigenvalue weighted by atomic mass is 35.5. The topological polar surface area (TPSA) is 21.3 Å². The molecule has 4 heteroatoms. The van der Waals surface area contributed by atoms with Crippen molar-refractivity contribution in [3.8, 4) is 5.75 Å². The first kappa shape index (κ1) is 13.6. The number of hydrogen-bond donors (Lipinski definition) is 1. The molecule has 1 unspecified atom stereocenters. The third-order valence-corrected chi connectivity index (χ3v) is 3.82. The number of hydrogen-bond acceptors (Lipinski definition) is 2. The van der Waals surface area contributed by atoms with E-state index < -0.39 is 0 Å². The number of aryl methyl sites for hydroxylation is 1. The molecule has 0 aromatic heterocycles. The fourth-order valence-electron chi connectivity index (χ4n) is 2.65. The molecule has 0 bridgehead atoms. The van der Waals surface area contributed by atoms with E-state index in [-0.39, 0.29) is 10.8 Å². The van der Waals surface area contributed by atoms with Crippen molar-refractivity contribution in [3.05, 3.63) is 28.0 Å². The second-order valence-electron chi connectivity index (χ2n) is 4.92. The van der Waals surface area contributed by atoms with Gasteiger partial charge in [0.15, 0.2) is 0 Å². The van der Waals surface area contributed by atoms with Gasteiger partial charge in [0.1, 0.15) is 11.6 Å². The number of ether oxygens (including phenoxy) is 1. The maximum absolute atomic E-state index is 14.2. The Labute approximate surface area is 112 Å². The molecule has 1 aliphatic heterocycles. The number of benzene rings is 1. The van der Waals surface area contributed by atoms with Crippen molar-refractivity contribution in [2.45, 2.75) is 26.2 Å². The standard InChI is InChI=1S/C14H19ClFNO/c1-9-6-12(15)13(16)11(14(9)18-2)7-10-4-3-5-17-8-10/h6,10,17H,3-5,7-8H2,1-2H3. The van der Waals surface area contributed by atoms with E-state index in [9.17, 15) is 4.39 Å². The predicted octanol–water partition coefficient (Wildman–Crippen LogP) is 3.34. The Kier molecular flexibility index (Phi) is 4.46. The summed E-state index contributed by atoms with van der Waals surface area (Å²) in [6.45, 7) is 3.89. The SMILES string of the molecule is COc1c(C)cc(Cl)c(F)c1CC1CCCNC1. The summed E-state index contributed by atoms with van der Waals surface area (Å²) in [6.07, 6.45) is 2.96. The highest BCUT2D eigenvalue weighted by molar-refractivity contribution is 6.30. The van der Waals surface area contributed by atoms with Crippen LogP contribution in [0.5, 0.6) is 5.75 Å². The van der Waals surface area contributed by atoms with Crippen LogP contribution in [0.25, 0.3) is 0 Å². The molecule has 100 valence electrons. The molecule has 0 saturated carbocycles. The lowest BCUT2D eigenvalue weighted by Crippen LogP contribution is -2.31.